The highest BCUT2D eigenvalue weighted by Crippen LogP contribution is 2.33. The Kier molecular flexibility index (Phi) is 6.57. The summed E-state index contributed by atoms with van der Waals surface area (Å²) in [6.45, 7) is 10.6. The molecule has 0 fully saturated rings. The van der Waals surface area contributed by atoms with Gasteiger partial charge in [0, 0.05) is 27.5 Å². The number of carbonyl (C=O) groups is 1. The smallest absolute Gasteiger partial charge is 0.234 e. The van der Waals surface area contributed by atoms with Crippen LogP contribution in [0, 0.1) is 13.8 Å². The first-order chi connectivity index (χ1) is 13.4. The lowest BCUT2D eigenvalue weighted by Crippen LogP contribution is -2.15. The van der Waals surface area contributed by atoms with Crippen molar-refractivity contribution in [3.63, 3.8) is 0 Å². The average molecular weight is 415 g/mol. The minimum Gasteiger partial charge on any atom is -0.325 e. The number of carbonyl (C=O) groups excluding carboxylic acids is 1. The number of amides is 1. The molecule has 0 atom stereocenters. The molecule has 2 heterocycles. The van der Waals surface area contributed by atoms with E-state index in [-0.39, 0.29) is 11.9 Å². The zero-order valence-corrected chi connectivity index (χ0v) is 18.6. The molecule has 0 saturated heterocycles. The van der Waals surface area contributed by atoms with E-state index in [9.17, 15) is 4.79 Å². The summed E-state index contributed by atoms with van der Waals surface area (Å²) >= 11 is 3.14. The minimum atomic E-state index is -0.0448. The Balaban J connectivity index is 1.71. The number of hydrogen-bond acceptors (Lipinski definition) is 5. The second-order valence-electron chi connectivity index (χ2n) is 6.99. The van der Waals surface area contributed by atoms with Crippen LogP contribution in [0.15, 0.2) is 34.8 Å². The van der Waals surface area contributed by atoms with Crippen LogP contribution in [0.5, 0.6) is 0 Å². The molecule has 3 rings (SSSR count). The van der Waals surface area contributed by atoms with Gasteiger partial charge in [-0.25, -0.2) is 0 Å². The number of rotatable bonds is 7. The summed E-state index contributed by atoms with van der Waals surface area (Å²) in [6.07, 6.45) is 0.987. The molecule has 0 bridgehead atoms. The van der Waals surface area contributed by atoms with Gasteiger partial charge in [-0.1, -0.05) is 30.8 Å². The molecule has 2 aromatic heterocycles. The predicted octanol–water partition coefficient (Wildman–Crippen LogP) is 5.50. The molecule has 1 amide bonds. The number of anilines is 1. The second-order valence-corrected chi connectivity index (χ2v) is 9.01. The fraction of sp³-hybridized carbons (Fsp3) is 0.381. The molecular formula is C21H26N4OS2. The first-order valence-electron chi connectivity index (χ1n) is 9.42. The fourth-order valence-corrected chi connectivity index (χ4v) is 4.64. The molecule has 7 heteroatoms. The molecule has 0 aliphatic rings. The predicted molar refractivity (Wildman–Crippen MR) is 118 cm³/mol. The van der Waals surface area contributed by atoms with Gasteiger partial charge in [-0.15, -0.1) is 21.5 Å². The van der Waals surface area contributed by atoms with Crippen LogP contribution in [0.4, 0.5) is 5.69 Å². The van der Waals surface area contributed by atoms with Crippen molar-refractivity contribution in [2.24, 2.45) is 0 Å². The highest BCUT2D eigenvalue weighted by atomic mass is 32.2. The Hall–Kier alpha value is -2.12. The van der Waals surface area contributed by atoms with E-state index in [0.717, 1.165) is 28.7 Å². The highest BCUT2D eigenvalue weighted by Gasteiger charge is 2.20. The van der Waals surface area contributed by atoms with Crippen molar-refractivity contribution in [3.05, 3.63) is 45.6 Å². The van der Waals surface area contributed by atoms with Gasteiger partial charge in [0.1, 0.15) is 0 Å². The van der Waals surface area contributed by atoms with E-state index in [4.69, 9.17) is 0 Å². The molecule has 28 heavy (non-hydrogen) atoms. The molecule has 148 valence electrons. The maximum absolute atomic E-state index is 12.4. The molecule has 0 aliphatic carbocycles. The summed E-state index contributed by atoms with van der Waals surface area (Å²) < 4.78 is 2.11. The third-order valence-corrected chi connectivity index (χ3v) is 6.64. The number of hydrogen-bond donors (Lipinski definition) is 1. The zero-order chi connectivity index (χ0) is 20.3. The highest BCUT2D eigenvalue weighted by molar-refractivity contribution is 7.99. The summed E-state index contributed by atoms with van der Waals surface area (Å²) in [4.78, 5) is 13.7. The lowest BCUT2D eigenvalue weighted by Gasteiger charge is -2.13. The average Bonchev–Trinajstić information content (AvgIpc) is 3.24. The number of aromatic nitrogens is 3. The summed E-state index contributed by atoms with van der Waals surface area (Å²) in [6, 6.07) is 8.16. The first kappa shape index (κ1) is 20.6. The van der Waals surface area contributed by atoms with E-state index in [1.807, 2.05) is 24.3 Å². The molecular weight excluding hydrogens is 388 g/mol. The quantitative estimate of drug-likeness (QED) is 0.519. The van der Waals surface area contributed by atoms with Crippen LogP contribution in [-0.4, -0.2) is 26.4 Å². The van der Waals surface area contributed by atoms with Crippen molar-refractivity contribution in [2.75, 3.05) is 11.1 Å². The van der Waals surface area contributed by atoms with Gasteiger partial charge in [0.2, 0.25) is 5.91 Å². The Morgan fingerprint density at radius 2 is 1.93 bits per heavy atom. The van der Waals surface area contributed by atoms with Gasteiger partial charge in [0.15, 0.2) is 11.0 Å². The van der Waals surface area contributed by atoms with E-state index in [0.29, 0.717) is 5.75 Å². The Labute approximate surface area is 174 Å². The monoisotopic (exact) mass is 414 g/mol. The van der Waals surface area contributed by atoms with Gasteiger partial charge in [0.25, 0.3) is 0 Å². The molecule has 0 radical (unpaired) electrons. The molecule has 0 aliphatic heterocycles. The Morgan fingerprint density at radius 3 is 2.50 bits per heavy atom. The summed E-state index contributed by atoms with van der Waals surface area (Å²) in [5.74, 6) is 1.12. The topological polar surface area (TPSA) is 59.8 Å². The zero-order valence-electron chi connectivity index (χ0n) is 16.9. The van der Waals surface area contributed by atoms with Crippen molar-refractivity contribution >= 4 is 34.7 Å². The number of nitrogens with zero attached hydrogens (tertiary/aromatic N) is 3. The number of aryl methyl sites for hydroxylation is 2. The maximum Gasteiger partial charge on any atom is 0.234 e. The van der Waals surface area contributed by atoms with Crippen LogP contribution in [0.1, 0.15) is 42.8 Å². The summed E-state index contributed by atoms with van der Waals surface area (Å²) in [5.41, 5.74) is 4.43. The standard InChI is InChI=1S/C21H26N4OS2/c1-6-16-7-9-17(10-8-16)22-19(26)12-28-21-24-23-20(25(21)13(2)3)18-11-27-15(5)14(18)4/h7-11,13H,6,12H2,1-5H3,(H,22,26). The molecule has 1 N–H and O–H groups in total. The molecule has 5 nitrogen and oxygen atoms in total. The van der Waals surface area contributed by atoms with Gasteiger partial charge in [-0.05, 0) is 57.4 Å². The molecule has 0 saturated carbocycles. The normalized spacial score (nSPS) is 11.2. The second kappa shape index (κ2) is 8.92. The van der Waals surface area contributed by atoms with Gasteiger partial charge < -0.3 is 5.32 Å². The molecule has 3 aromatic rings. The van der Waals surface area contributed by atoms with Crippen LogP contribution in [0.25, 0.3) is 11.4 Å². The van der Waals surface area contributed by atoms with Crippen LogP contribution < -0.4 is 5.32 Å². The van der Waals surface area contributed by atoms with Crippen molar-refractivity contribution in [1.82, 2.24) is 14.8 Å². The number of nitrogens with one attached hydrogen (secondary N) is 1. The number of benzene rings is 1. The number of thiophene rings is 1. The lowest BCUT2D eigenvalue weighted by atomic mass is 10.1. The third-order valence-electron chi connectivity index (χ3n) is 4.69. The van der Waals surface area contributed by atoms with Gasteiger partial charge in [-0.3, -0.25) is 9.36 Å². The van der Waals surface area contributed by atoms with E-state index in [1.54, 1.807) is 11.3 Å². The van der Waals surface area contributed by atoms with E-state index in [2.05, 4.69) is 60.1 Å². The van der Waals surface area contributed by atoms with Crippen LogP contribution >= 0.6 is 23.1 Å². The summed E-state index contributed by atoms with van der Waals surface area (Å²) in [5, 5.41) is 14.6. The van der Waals surface area contributed by atoms with Crippen molar-refractivity contribution in [1.29, 1.82) is 0 Å². The maximum atomic E-state index is 12.4. The largest absolute Gasteiger partial charge is 0.325 e. The van der Waals surface area contributed by atoms with Crippen molar-refractivity contribution < 1.29 is 4.79 Å². The molecule has 1 aromatic carbocycles. The van der Waals surface area contributed by atoms with Gasteiger partial charge in [-0.2, -0.15) is 0 Å². The van der Waals surface area contributed by atoms with E-state index in [1.165, 1.54) is 27.8 Å². The first-order valence-corrected chi connectivity index (χ1v) is 11.3. The van der Waals surface area contributed by atoms with Crippen LogP contribution in [0.2, 0.25) is 0 Å². The minimum absolute atomic E-state index is 0.0448. The van der Waals surface area contributed by atoms with Crippen molar-refractivity contribution in [3.8, 4) is 11.4 Å². The van der Waals surface area contributed by atoms with Gasteiger partial charge in [0.05, 0.1) is 5.75 Å². The van der Waals surface area contributed by atoms with Crippen molar-refractivity contribution in [2.45, 2.75) is 52.2 Å². The van der Waals surface area contributed by atoms with E-state index < -0.39 is 0 Å². The van der Waals surface area contributed by atoms with Crippen LogP contribution in [0.3, 0.4) is 0 Å². The SMILES string of the molecule is CCc1ccc(NC(=O)CSc2nnc(-c3csc(C)c3C)n2C(C)C)cc1. The Morgan fingerprint density at radius 1 is 1.21 bits per heavy atom. The van der Waals surface area contributed by atoms with Gasteiger partial charge >= 0.3 is 0 Å². The Bertz CT molecular complexity index is 957. The van der Waals surface area contributed by atoms with Crippen LogP contribution in [-0.2, 0) is 11.2 Å². The molecule has 0 spiro atoms. The number of thioether (sulfide) groups is 1. The third kappa shape index (κ3) is 4.47. The molecule has 0 unspecified atom stereocenters. The summed E-state index contributed by atoms with van der Waals surface area (Å²) in [7, 11) is 0. The lowest BCUT2D eigenvalue weighted by molar-refractivity contribution is -0.113. The van der Waals surface area contributed by atoms with E-state index >= 15 is 0 Å². The fourth-order valence-electron chi connectivity index (χ4n) is 2.91.